The molecule has 0 aromatic rings. The van der Waals surface area contributed by atoms with Gasteiger partial charge in [0, 0.05) is 77.2 Å². The predicted octanol–water partition coefficient (Wildman–Crippen LogP) is -0.125. The van der Waals surface area contributed by atoms with Crippen molar-refractivity contribution in [3.8, 4) is 0 Å². The van der Waals surface area contributed by atoms with Gasteiger partial charge >= 0.3 is 0 Å². The van der Waals surface area contributed by atoms with E-state index in [1.54, 1.807) is 0 Å². The third-order valence-electron chi connectivity index (χ3n) is 4.37. The van der Waals surface area contributed by atoms with Crippen molar-refractivity contribution in [1.29, 1.82) is 0 Å². The standard InChI is InChI=1S/C19H39N3O7S.C2H6.Y/c1-18(2)30(25)22-6-4-21(5-7-22)8-10-27-12-14-29-16-15-28-13-11-26-9-3-20-19(24)17-23;1-2;/h18,23H,3-17H2,1-2H3,(H,20,24);1-2H3;. The van der Waals surface area contributed by atoms with Crippen molar-refractivity contribution in [2.45, 2.75) is 32.9 Å². The molecule has 12 heteroatoms. The van der Waals surface area contributed by atoms with E-state index >= 15 is 0 Å². The second-order valence-corrected chi connectivity index (χ2v) is 9.06. The zero-order valence-corrected chi connectivity index (χ0v) is 24.6. The van der Waals surface area contributed by atoms with Gasteiger partial charge < -0.3 is 29.4 Å². The maximum Gasteiger partial charge on any atom is 0.245 e. The van der Waals surface area contributed by atoms with Crippen molar-refractivity contribution in [2.24, 2.45) is 0 Å². The minimum Gasteiger partial charge on any atom is -0.387 e. The van der Waals surface area contributed by atoms with Crippen LogP contribution in [0.5, 0.6) is 0 Å². The Morgan fingerprint density at radius 1 is 0.879 bits per heavy atom. The average Bonchev–Trinajstić information content (AvgIpc) is 2.82. The average molecular weight is 573 g/mol. The van der Waals surface area contributed by atoms with E-state index in [1.165, 1.54) is 0 Å². The van der Waals surface area contributed by atoms with Crippen LogP contribution in [0.4, 0.5) is 0 Å². The third-order valence-corrected chi connectivity index (χ3v) is 6.05. The summed E-state index contributed by atoms with van der Waals surface area (Å²) in [6, 6.07) is 0. The van der Waals surface area contributed by atoms with E-state index in [0.717, 1.165) is 32.7 Å². The molecule has 1 heterocycles. The molecule has 1 aliphatic rings. The van der Waals surface area contributed by atoms with Gasteiger partial charge in [-0.15, -0.1) is 0 Å². The number of ether oxygens (including phenoxy) is 4. The Morgan fingerprint density at radius 2 is 1.33 bits per heavy atom. The number of carbonyl (C=O) groups excluding carboxylic acids is 1. The van der Waals surface area contributed by atoms with Gasteiger partial charge in [-0.05, 0) is 13.8 Å². The van der Waals surface area contributed by atoms with Gasteiger partial charge in [-0.25, -0.2) is 8.51 Å². The van der Waals surface area contributed by atoms with E-state index in [1.807, 2.05) is 27.7 Å². The molecule has 0 spiro atoms. The van der Waals surface area contributed by atoms with Crippen LogP contribution in [-0.2, 0) is 67.4 Å². The molecule has 0 bridgehead atoms. The Balaban J connectivity index is 0. The molecule has 195 valence electrons. The summed E-state index contributed by atoms with van der Waals surface area (Å²) in [7, 11) is -0.872. The van der Waals surface area contributed by atoms with Gasteiger partial charge in [0.1, 0.15) is 6.61 Å². The Morgan fingerprint density at radius 3 is 1.79 bits per heavy atom. The Kier molecular flexibility index (Phi) is 27.5. The predicted molar refractivity (Wildman–Crippen MR) is 126 cm³/mol. The minimum absolute atomic E-state index is 0. The summed E-state index contributed by atoms with van der Waals surface area (Å²) in [5.74, 6) is -0.408. The number of aliphatic hydroxyl groups is 1. The molecule has 1 fully saturated rings. The Bertz CT molecular complexity index is 471. The van der Waals surface area contributed by atoms with Crippen LogP contribution in [0.25, 0.3) is 0 Å². The zero-order chi connectivity index (χ0) is 24.0. The van der Waals surface area contributed by atoms with Gasteiger partial charge in [0.25, 0.3) is 0 Å². The van der Waals surface area contributed by atoms with Gasteiger partial charge in [0.2, 0.25) is 5.91 Å². The first-order valence-corrected chi connectivity index (χ1v) is 12.8. The summed E-state index contributed by atoms with van der Waals surface area (Å²) >= 11 is 0. The van der Waals surface area contributed by atoms with Gasteiger partial charge in [0.15, 0.2) is 0 Å². The van der Waals surface area contributed by atoms with E-state index in [-0.39, 0.29) is 38.0 Å². The second-order valence-electron chi connectivity index (χ2n) is 7.05. The van der Waals surface area contributed by atoms with Gasteiger partial charge in [-0.1, -0.05) is 13.8 Å². The molecule has 0 aromatic heterocycles. The molecule has 1 rings (SSSR count). The van der Waals surface area contributed by atoms with Crippen molar-refractivity contribution in [2.75, 3.05) is 98.7 Å². The van der Waals surface area contributed by atoms with Gasteiger partial charge in [-0.2, -0.15) is 0 Å². The van der Waals surface area contributed by atoms with Crippen molar-refractivity contribution in [3.05, 3.63) is 0 Å². The van der Waals surface area contributed by atoms with Crippen molar-refractivity contribution < 1.29 is 65.8 Å². The van der Waals surface area contributed by atoms with Crippen molar-refractivity contribution in [1.82, 2.24) is 14.5 Å². The largest absolute Gasteiger partial charge is 0.387 e. The number of rotatable bonds is 18. The van der Waals surface area contributed by atoms with Crippen LogP contribution in [0.1, 0.15) is 27.7 Å². The third kappa shape index (κ3) is 20.3. The van der Waals surface area contributed by atoms with E-state index in [4.69, 9.17) is 24.1 Å². The van der Waals surface area contributed by atoms with Crippen LogP contribution in [0.15, 0.2) is 0 Å². The van der Waals surface area contributed by atoms with E-state index < -0.39 is 23.5 Å². The van der Waals surface area contributed by atoms with Crippen LogP contribution in [0.2, 0.25) is 0 Å². The molecular formula is C21H45N3O7SY. The molecule has 0 saturated carbocycles. The number of carbonyl (C=O) groups is 1. The quantitative estimate of drug-likeness (QED) is 0.219. The summed E-state index contributed by atoms with van der Waals surface area (Å²) in [4.78, 5) is 13.1. The topological polar surface area (TPSA) is 110 Å². The smallest absolute Gasteiger partial charge is 0.245 e. The minimum atomic E-state index is -0.872. The molecule has 0 aliphatic carbocycles. The van der Waals surface area contributed by atoms with E-state index in [2.05, 4.69) is 14.5 Å². The fourth-order valence-electron chi connectivity index (χ4n) is 2.71. The molecule has 1 unspecified atom stereocenters. The van der Waals surface area contributed by atoms with E-state index in [0.29, 0.717) is 59.4 Å². The van der Waals surface area contributed by atoms with Crippen LogP contribution in [0.3, 0.4) is 0 Å². The number of aliphatic hydroxyl groups excluding tert-OH is 1. The molecule has 1 saturated heterocycles. The van der Waals surface area contributed by atoms with Crippen LogP contribution >= 0.6 is 0 Å². The number of piperazine rings is 1. The summed E-state index contributed by atoms with van der Waals surface area (Å²) in [6.45, 7) is 16.3. The number of nitrogens with one attached hydrogen (secondary N) is 1. The van der Waals surface area contributed by atoms with E-state index in [9.17, 15) is 9.00 Å². The molecule has 1 amide bonds. The van der Waals surface area contributed by atoms with Gasteiger partial charge in [0.05, 0.1) is 63.8 Å². The molecule has 1 radical (unpaired) electrons. The first kappa shape index (κ1) is 35.6. The van der Waals surface area contributed by atoms with Crippen molar-refractivity contribution in [3.63, 3.8) is 0 Å². The SMILES string of the molecule is CC.CC(C)S(=O)N1CCN(CCOCCOCCOCCOCCNC(=O)CO)CC1.[Y]. The summed E-state index contributed by atoms with van der Waals surface area (Å²) in [6.07, 6.45) is 0. The molecular weight excluding hydrogens is 527 g/mol. The molecule has 1 aliphatic heterocycles. The zero-order valence-electron chi connectivity index (χ0n) is 21.0. The Labute approximate surface area is 227 Å². The number of hydrogen-bond donors (Lipinski definition) is 2. The molecule has 1 atom stereocenters. The molecule has 0 aromatic carbocycles. The summed E-state index contributed by atoms with van der Waals surface area (Å²) in [5, 5.41) is 11.2. The number of nitrogens with zero attached hydrogens (tertiary/aromatic N) is 2. The van der Waals surface area contributed by atoms with Crippen molar-refractivity contribution >= 4 is 16.9 Å². The fraction of sp³-hybridized carbons (Fsp3) is 0.952. The molecule has 2 N–H and O–H groups in total. The summed E-state index contributed by atoms with van der Waals surface area (Å²) < 4.78 is 35.9. The monoisotopic (exact) mass is 572 g/mol. The van der Waals surface area contributed by atoms with Crippen LogP contribution in [0, 0.1) is 0 Å². The normalized spacial score (nSPS) is 15.5. The molecule has 33 heavy (non-hydrogen) atoms. The maximum absolute atomic E-state index is 12.1. The summed E-state index contributed by atoms with van der Waals surface area (Å²) in [5.41, 5.74) is 0. The number of amides is 1. The first-order chi connectivity index (χ1) is 15.5. The maximum atomic E-state index is 12.1. The number of hydrogen-bond acceptors (Lipinski definition) is 8. The van der Waals surface area contributed by atoms with Crippen LogP contribution in [-0.4, -0.2) is 128 Å². The van der Waals surface area contributed by atoms with Crippen LogP contribution < -0.4 is 5.32 Å². The van der Waals surface area contributed by atoms with Gasteiger partial charge in [-0.3, -0.25) is 9.69 Å². The second kappa shape index (κ2) is 25.5. The Hall–Kier alpha value is 0.444. The molecule has 10 nitrogen and oxygen atoms in total. The fourth-order valence-corrected chi connectivity index (χ4v) is 3.82. The first-order valence-electron chi connectivity index (χ1n) is 11.6.